The molecule has 2 atom stereocenters. The first-order chi connectivity index (χ1) is 9.83. The van der Waals surface area contributed by atoms with Crippen molar-refractivity contribution in [2.45, 2.75) is 19.3 Å². The van der Waals surface area contributed by atoms with Gasteiger partial charge in [-0.3, -0.25) is 14.2 Å². The van der Waals surface area contributed by atoms with Crippen molar-refractivity contribution >= 4 is 19.5 Å². The molecule has 0 spiro atoms. The van der Waals surface area contributed by atoms with E-state index in [2.05, 4.69) is 6.58 Å². The standard InChI is InChI=1S/C13H21O7P/c1-4-10-9-13(10,6-5-11(14)15)12(16)20-7-8-21(17,18-2)19-3/h4,10H,1,5-9H2,2-3H3,(H,14,15)/t10-,13+/m0/s1. The molecule has 7 nitrogen and oxygen atoms in total. The summed E-state index contributed by atoms with van der Waals surface area (Å²) < 4.78 is 26.4. The highest BCUT2D eigenvalue weighted by Gasteiger charge is 2.59. The van der Waals surface area contributed by atoms with Crippen LogP contribution in [0.2, 0.25) is 0 Å². The molecule has 21 heavy (non-hydrogen) atoms. The summed E-state index contributed by atoms with van der Waals surface area (Å²) in [5, 5.41) is 8.74. The third kappa shape index (κ3) is 4.40. The van der Waals surface area contributed by atoms with Crippen molar-refractivity contribution in [3.8, 4) is 0 Å². The molecule has 0 saturated heterocycles. The number of carboxylic acid groups (broad SMARTS) is 1. The van der Waals surface area contributed by atoms with E-state index < -0.39 is 24.9 Å². The Morgan fingerprint density at radius 2 is 2.05 bits per heavy atom. The van der Waals surface area contributed by atoms with Crippen molar-refractivity contribution < 1.29 is 33.0 Å². The minimum absolute atomic E-state index is 0.0422. The van der Waals surface area contributed by atoms with Gasteiger partial charge in [-0.1, -0.05) is 6.08 Å². The van der Waals surface area contributed by atoms with E-state index in [0.29, 0.717) is 6.42 Å². The van der Waals surface area contributed by atoms with Crippen LogP contribution in [0.3, 0.4) is 0 Å². The Hall–Kier alpha value is -1.17. The maximum Gasteiger partial charge on any atom is 0.333 e. The number of allylic oxidation sites excluding steroid dienone is 1. The van der Waals surface area contributed by atoms with E-state index in [0.717, 1.165) is 0 Å². The minimum atomic E-state index is -3.21. The summed E-state index contributed by atoms with van der Waals surface area (Å²) in [4.78, 5) is 22.8. The van der Waals surface area contributed by atoms with Crippen molar-refractivity contribution in [3.05, 3.63) is 12.7 Å². The maximum atomic E-state index is 12.1. The molecule has 0 bridgehead atoms. The summed E-state index contributed by atoms with van der Waals surface area (Å²) >= 11 is 0. The van der Waals surface area contributed by atoms with E-state index >= 15 is 0 Å². The molecule has 1 fully saturated rings. The monoisotopic (exact) mass is 320 g/mol. The van der Waals surface area contributed by atoms with Gasteiger partial charge in [-0.05, 0) is 18.8 Å². The lowest BCUT2D eigenvalue weighted by Crippen LogP contribution is -2.23. The Morgan fingerprint density at radius 3 is 2.48 bits per heavy atom. The van der Waals surface area contributed by atoms with Crippen molar-refractivity contribution in [2.24, 2.45) is 11.3 Å². The number of esters is 1. The summed E-state index contributed by atoms with van der Waals surface area (Å²) in [5.74, 6) is -1.51. The Kier molecular flexibility index (Phi) is 6.13. The zero-order valence-electron chi connectivity index (χ0n) is 12.2. The van der Waals surface area contributed by atoms with Gasteiger partial charge >= 0.3 is 19.5 Å². The van der Waals surface area contributed by atoms with Gasteiger partial charge < -0.3 is 18.9 Å². The predicted molar refractivity (Wildman–Crippen MR) is 75.1 cm³/mol. The molecule has 1 aliphatic rings. The highest BCUT2D eigenvalue weighted by molar-refractivity contribution is 7.53. The zero-order valence-corrected chi connectivity index (χ0v) is 13.1. The first-order valence-electron chi connectivity index (χ1n) is 6.55. The average molecular weight is 320 g/mol. The Labute approximate surface area is 123 Å². The van der Waals surface area contributed by atoms with E-state index in [4.69, 9.17) is 18.9 Å². The molecule has 0 aliphatic heterocycles. The molecule has 0 heterocycles. The Morgan fingerprint density at radius 1 is 1.43 bits per heavy atom. The van der Waals surface area contributed by atoms with Crippen molar-refractivity contribution in [1.82, 2.24) is 0 Å². The maximum absolute atomic E-state index is 12.1. The largest absolute Gasteiger partial charge is 0.481 e. The van der Waals surface area contributed by atoms with Crippen LogP contribution in [0.1, 0.15) is 19.3 Å². The minimum Gasteiger partial charge on any atom is -0.481 e. The van der Waals surface area contributed by atoms with Crippen LogP contribution in [-0.2, 0) is 27.9 Å². The molecule has 0 amide bonds. The van der Waals surface area contributed by atoms with Gasteiger partial charge in [0, 0.05) is 20.6 Å². The smallest absolute Gasteiger partial charge is 0.333 e. The van der Waals surface area contributed by atoms with E-state index in [1.165, 1.54) is 14.2 Å². The second kappa shape index (κ2) is 7.20. The number of rotatable bonds is 10. The molecular formula is C13H21O7P. The van der Waals surface area contributed by atoms with E-state index in [1.807, 2.05) is 0 Å². The van der Waals surface area contributed by atoms with Gasteiger partial charge in [-0.2, -0.15) is 0 Å². The number of carbonyl (C=O) groups excluding carboxylic acids is 1. The quantitative estimate of drug-likeness (QED) is 0.374. The molecular weight excluding hydrogens is 299 g/mol. The normalized spacial score (nSPS) is 24.4. The van der Waals surface area contributed by atoms with Gasteiger partial charge in [-0.15, -0.1) is 6.58 Å². The number of ether oxygens (including phenoxy) is 1. The predicted octanol–water partition coefficient (Wildman–Crippen LogP) is 2.07. The highest BCUT2D eigenvalue weighted by Crippen LogP contribution is 2.57. The van der Waals surface area contributed by atoms with Crippen molar-refractivity contribution in [2.75, 3.05) is 27.0 Å². The zero-order chi connectivity index (χ0) is 16.1. The second-order valence-corrected chi connectivity index (χ2v) is 7.33. The molecule has 0 aromatic heterocycles. The molecule has 1 saturated carbocycles. The van der Waals surface area contributed by atoms with Gasteiger partial charge in [0.15, 0.2) is 0 Å². The fourth-order valence-electron chi connectivity index (χ4n) is 2.25. The van der Waals surface area contributed by atoms with Crippen molar-refractivity contribution in [1.29, 1.82) is 0 Å². The summed E-state index contributed by atoms with van der Waals surface area (Å²) in [7, 11) is -0.696. The van der Waals surface area contributed by atoms with Crippen LogP contribution in [0.25, 0.3) is 0 Å². The summed E-state index contributed by atoms with van der Waals surface area (Å²) in [6, 6.07) is 0. The topological polar surface area (TPSA) is 99.1 Å². The lowest BCUT2D eigenvalue weighted by atomic mass is 9.97. The van der Waals surface area contributed by atoms with Crippen LogP contribution in [-0.4, -0.2) is 44.0 Å². The van der Waals surface area contributed by atoms with E-state index in [1.54, 1.807) is 6.08 Å². The SMILES string of the molecule is C=C[C@H]1C[C@@]1(CCC(=O)O)C(=O)OCCP(=O)(OC)OC. The molecule has 8 heteroatoms. The van der Waals surface area contributed by atoms with Gasteiger partial charge in [0.25, 0.3) is 0 Å². The van der Waals surface area contributed by atoms with Gasteiger partial charge in [0.05, 0.1) is 11.6 Å². The summed E-state index contributed by atoms with van der Waals surface area (Å²) in [6.07, 6.45) is 2.24. The number of carbonyl (C=O) groups is 2. The third-order valence-electron chi connectivity index (χ3n) is 3.76. The van der Waals surface area contributed by atoms with Gasteiger partial charge in [0.1, 0.15) is 6.61 Å². The molecule has 0 aromatic rings. The van der Waals surface area contributed by atoms with Gasteiger partial charge in [-0.25, -0.2) is 0 Å². The lowest BCUT2D eigenvalue weighted by Gasteiger charge is -2.17. The lowest BCUT2D eigenvalue weighted by molar-refractivity contribution is -0.150. The highest BCUT2D eigenvalue weighted by atomic mass is 31.2. The van der Waals surface area contributed by atoms with Gasteiger partial charge in [0.2, 0.25) is 0 Å². The Balaban J connectivity index is 2.54. The van der Waals surface area contributed by atoms with Crippen LogP contribution in [0.15, 0.2) is 12.7 Å². The number of carboxylic acids is 1. The fourth-order valence-corrected chi connectivity index (χ4v) is 3.08. The molecule has 120 valence electrons. The van der Waals surface area contributed by atoms with Crippen LogP contribution >= 0.6 is 7.60 Å². The number of hydrogen-bond acceptors (Lipinski definition) is 6. The summed E-state index contributed by atoms with van der Waals surface area (Å²) in [6.45, 7) is 3.53. The Bertz CT molecular complexity index is 453. The second-order valence-electron chi connectivity index (χ2n) is 4.93. The van der Waals surface area contributed by atoms with Crippen LogP contribution in [0.5, 0.6) is 0 Å². The average Bonchev–Trinajstić information content (AvgIpc) is 3.20. The molecule has 1 aliphatic carbocycles. The van der Waals surface area contributed by atoms with Crippen molar-refractivity contribution in [3.63, 3.8) is 0 Å². The van der Waals surface area contributed by atoms with Crippen LogP contribution in [0.4, 0.5) is 0 Å². The number of hydrogen-bond donors (Lipinski definition) is 1. The third-order valence-corrected chi connectivity index (χ3v) is 5.61. The molecule has 1 N–H and O–H groups in total. The molecule has 1 rings (SSSR count). The first-order valence-corrected chi connectivity index (χ1v) is 8.28. The molecule has 0 unspecified atom stereocenters. The summed E-state index contributed by atoms with van der Waals surface area (Å²) in [5.41, 5.74) is -0.801. The molecule has 0 radical (unpaired) electrons. The first kappa shape index (κ1) is 17.9. The fraction of sp³-hybridized carbons (Fsp3) is 0.692. The molecule has 0 aromatic carbocycles. The van der Waals surface area contributed by atoms with Crippen LogP contribution < -0.4 is 0 Å². The van der Waals surface area contributed by atoms with Crippen LogP contribution in [0, 0.1) is 11.3 Å². The van der Waals surface area contributed by atoms with E-state index in [-0.39, 0.29) is 31.5 Å². The van der Waals surface area contributed by atoms with E-state index in [9.17, 15) is 14.2 Å². The number of aliphatic carboxylic acids is 1.